The summed E-state index contributed by atoms with van der Waals surface area (Å²) < 4.78 is 4.65. The molecule has 0 bridgehead atoms. The van der Waals surface area contributed by atoms with Gasteiger partial charge in [0.15, 0.2) is 0 Å². The van der Waals surface area contributed by atoms with Crippen LogP contribution in [0.15, 0.2) is 36.4 Å². The van der Waals surface area contributed by atoms with Gasteiger partial charge in [-0.05, 0) is 43.2 Å². The first kappa shape index (κ1) is 24.3. The molecule has 0 aromatic heterocycles. The minimum Gasteiger partial charge on any atom is -0.469 e. The number of hydrogen-bond donors (Lipinski definition) is 2. The third-order valence-corrected chi connectivity index (χ3v) is 6.16. The minimum absolute atomic E-state index is 0.191. The summed E-state index contributed by atoms with van der Waals surface area (Å²) in [6.45, 7) is 2.06. The molecular weight excluding hydrogens is 380 g/mol. The van der Waals surface area contributed by atoms with Crippen molar-refractivity contribution in [3.05, 3.63) is 47.5 Å². The number of unbranched alkanes of at least 4 members (excludes halogenated alkanes) is 2. The van der Waals surface area contributed by atoms with Gasteiger partial charge in [0.25, 0.3) is 0 Å². The second kappa shape index (κ2) is 12.0. The van der Waals surface area contributed by atoms with Crippen LogP contribution in [0.3, 0.4) is 0 Å². The van der Waals surface area contributed by atoms with Crippen molar-refractivity contribution in [3.63, 3.8) is 0 Å². The Hall–Kier alpha value is -1.98. The molecular formula is C25H36O5. The highest BCUT2D eigenvalue weighted by Gasteiger charge is 2.39. The fourth-order valence-corrected chi connectivity index (χ4v) is 4.19. The number of carbonyl (C=O) groups excluding carboxylic acids is 2. The van der Waals surface area contributed by atoms with Crippen LogP contribution in [-0.2, 0) is 19.7 Å². The Bertz CT molecular complexity index is 709. The molecule has 0 aliphatic heterocycles. The Labute approximate surface area is 180 Å². The lowest BCUT2D eigenvalue weighted by Crippen LogP contribution is -2.23. The van der Waals surface area contributed by atoms with E-state index in [0.717, 1.165) is 44.1 Å². The molecule has 1 aromatic carbocycles. The zero-order chi connectivity index (χ0) is 22.0. The van der Waals surface area contributed by atoms with Crippen molar-refractivity contribution in [2.45, 2.75) is 88.8 Å². The number of allylic oxidation sites excluding steroid dienone is 2. The molecule has 0 spiro atoms. The number of ketones is 1. The summed E-state index contributed by atoms with van der Waals surface area (Å²) in [5.41, 5.74) is 1.60. The van der Waals surface area contributed by atoms with Gasteiger partial charge >= 0.3 is 5.97 Å². The second-order valence-corrected chi connectivity index (χ2v) is 8.42. The molecule has 5 nitrogen and oxygen atoms in total. The van der Waals surface area contributed by atoms with Crippen LogP contribution < -0.4 is 0 Å². The van der Waals surface area contributed by atoms with Gasteiger partial charge in [0, 0.05) is 24.7 Å². The van der Waals surface area contributed by atoms with Crippen LogP contribution >= 0.6 is 0 Å². The predicted molar refractivity (Wildman–Crippen MR) is 117 cm³/mol. The number of aliphatic hydroxyl groups is 2. The average Bonchev–Trinajstić information content (AvgIpc) is 3.15. The standard InChI is InChI=1S/C25H36O5/c1-3-4-9-22(27)24(29)19-11-13-20(14-12-19)25(17-15-21(26)18-25)16-8-6-5-7-10-23(28)30-2/h6,8,11-14,22,24,27,29H,3-5,7,9-10,15-18H2,1-2H3/t22-,24?,25-/m0/s1. The highest BCUT2D eigenvalue weighted by atomic mass is 16.5. The van der Waals surface area contributed by atoms with Crippen LogP contribution in [0.4, 0.5) is 0 Å². The molecule has 1 aromatic rings. The Morgan fingerprint density at radius 3 is 2.53 bits per heavy atom. The first-order valence-corrected chi connectivity index (χ1v) is 11.1. The van der Waals surface area contributed by atoms with Gasteiger partial charge in [-0.15, -0.1) is 0 Å². The Morgan fingerprint density at radius 1 is 1.20 bits per heavy atom. The quantitative estimate of drug-likeness (QED) is 0.297. The molecule has 0 radical (unpaired) electrons. The summed E-state index contributed by atoms with van der Waals surface area (Å²) in [5.74, 6) is 0.0940. The number of carbonyl (C=O) groups is 2. The molecule has 1 fully saturated rings. The fourth-order valence-electron chi connectivity index (χ4n) is 4.19. The lowest BCUT2D eigenvalue weighted by atomic mass is 9.75. The van der Waals surface area contributed by atoms with E-state index in [4.69, 9.17) is 0 Å². The summed E-state index contributed by atoms with van der Waals surface area (Å²) in [4.78, 5) is 23.3. The Balaban J connectivity index is 2.02. The molecule has 0 heterocycles. The van der Waals surface area contributed by atoms with Gasteiger partial charge < -0.3 is 14.9 Å². The van der Waals surface area contributed by atoms with Gasteiger partial charge in [-0.1, -0.05) is 56.2 Å². The molecule has 1 unspecified atom stereocenters. The number of ether oxygens (including phenoxy) is 1. The predicted octanol–water partition coefficient (Wildman–Crippen LogP) is 4.55. The molecule has 2 rings (SSSR count). The molecule has 1 aliphatic carbocycles. The van der Waals surface area contributed by atoms with Crippen molar-refractivity contribution < 1.29 is 24.5 Å². The summed E-state index contributed by atoms with van der Waals surface area (Å²) in [7, 11) is 1.40. The number of esters is 1. The third-order valence-electron chi connectivity index (χ3n) is 6.16. The highest BCUT2D eigenvalue weighted by molar-refractivity contribution is 5.83. The topological polar surface area (TPSA) is 83.8 Å². The molecule has 3 atom stereocenters. The van der Waals surface area contributed by atoms with Crippen LogP contribution in [0.2, 0.25) is 0 Å². The zero-order valence-electron chi connectivity index (χ0n) is 18.3. The SMILES string of the molecule is CCCC[C@H](O)C(O)c1ccc([C@@]2(CC=CCCCC(=O)OC)CCC(=O)C2)cc1. The fraction of sp³-hybridized carbons (Fsp3) is 0.600. The third kappa shape index (κ3) is 6.78. The van der Waals surface area contributed by atoms with E-state index in [1.54, 1.807) is 0 Å². The van der Waals surface area contributed by atoms with Crippen LogP contribution in [-0.4, -0.2) is 35.2 Å². The van der Waals surface area contributed by atoms with Crippen molar-refractivity contribution in [3.8, 4) is 0 Å². The van der Waals surface area contributed by atoms with Crippen molar-refractivity contribution in [1.82, 2.24) is 0 Å². The van der Waals surface area contributed by atoms with E-state index in [-0.39, 0.29) is 17.2 Å². The van der Waals surface area contributed by atoms with E-state index in [1.807, 2.05) is 24.3 Å². The van der Waals surface area contributed by atoms with E-state index >= 15 is 0 Å². The van der Waals surface area contributed by atoms with Crippen LogP contribution in [0.5, 0.6) is 0 Å². The molecule has 0 saturated heterocycles. The second-order valence-electron chi connectivity index (χ2n) is 8.42. The summed E-state index contributed by atoms with van der Waals surface area (Å²) in [5, 5.41) is 20.6. The van der Waals surface area contributed by atoms with Crippen molar-refractivity contribution in [1.29, 1.82) is 0 Å². The average molecular weight is 417 g/mol. The van der Waals surface area contributed by atoms with Gasteiger partial charge in [0.2, 0.25) is 0 Å². The molecule has 5 heteroatoms. The van der Waals surface area contributed by atoms with E-state index in [1.165, 1.54) is 7.11 Å². The van der Waals surface area contributed by atoms with Crippen LogP contribution in [0, 0.1) is 0 Å². The number of methoxy groups -OCH3 is 1. The maximum absolute atomic E-state index is 12.1. The molecule has 1 saturated carbocycles. The van der Waals surface area contributed by atoms with Gasteiger partial charge in [-0.3, -0.25) is 9.59 Å². The van der Waals surface area contributed by atoms with E-state index < -0.39 is 12.2 Å². The van der Waals surface area contributed by atoms with E-state index in [2.05, 4.69) is 23.8 Å². The van der Waals surface area contributed by atoms with E-state index in [9.17, 15) is 19.8 Å². The highest BCUT2D eigenvalue weighted by Crippen LogP contribution is 2.43. The van der Waals surface area contributed by atoms with E-state index in [0.29, 0.717) is 31.2 Å². The molecule has 166 valence electrons. The Kier molecular flexibility index (Phi) is 9.73. The van der Waals surface area contributed by atoms with Gasteiger partial charge in [-0.25, -0.2) is 0 Å². The molecule has 30 heavy (non-hydrogen) atoms. The normalized spacial score (nSPS) is 21.1. The number of Topliss-reactive ketones (excluding diaryl/α,β-unsaturated/α-hetero) is 1. The maximum atomic E-state index is 12.1. The van der Waals surface area contributed by atoms with Crippen molar-refractivity contribution in [2.75, 3.05) is 7.11 Å². The maximum Gasteiger partial charge on any atom is 0.305 e. The van der Waals surface area contributed by atoms with Crippen LogP contribution in [0.25, 0.3) is 0 Å². The van der Waals surface area contributed by atoms with Crippen molar-refractivity contribution >= 4 is 11.8 Å². The Morgan fingerprint density at radius 2 is 1.93 bits per heavy atom. The molecule has 2 N–H and O–H groups in total. The number of hydrogen-bond acceptors (Lipinski definition) is 5. The number of benzene rings is 1. The first-order valence-electron chi connectivity index (χ1n) is 11.1. The lowest BCUT2D eigenvalue weighted by molar-refractivity contribution is -0.140. The van der Waals surface area contributed by atoms with Gasteiger partial charge in [0.05, 0.1) is 13.2 Å². The monoisotopic (exact) mass is 416 g/mol. The summed E-state index contributed by atoms with van der Waals surface area (Å²) >= 11 is 0. The number of rotatable bonds is 12. The summed E-state index contributed by atoms with van der Waals surface area (Å²) in [6.07, 6.45) is 9.69. The zero-order valence-corrected chi connectivity index (χ0v) is 18.3. The molecule has 1 aliphatic rings. The van der Waals surface area contributed by atoms with Gasteiger partial charge in [-0.2, -0.15) is 0 Å². The summed E-state index contributed by atoms with van der Waals surface area (Å²) in [6, 6.07) is 7.74. The first-order chi connectivity index (χ1) is 14.4. The van der Waals surface area contributed by atoms with Gasteiger partial charge in [0.1, 0.15) is 11.9 Å². The lowest BCUT2D eigenvalue weighted by Gasteiger charge is -2.28. The number of aliphatic hydroxyl groups excluding tert-OH is 2. The minimum atomic E-state index is -0.888. The largest absolute Gasteiger partial charge is 0.469 e. The smallest absolute Gasteiger partial charge is 0.305 e. The molecule has 0 amide bonds. The van der Waals surface area contributed by atoms with Crippen molar-refractivity contribution in [2.24, 2.45) is 0 Å². The van der Waals surface area contributed by atoms with Crippen LogP contribution in [0.1, 0.15) is 88.4 Å².